The molecule has 0 aliphatic heterocycles. The third-order valence-corrected chi connectivity index (χ3v) is 0. The third kappa shape index (κ3) is 110. The predicted octanol–water partition coefficient (Wildman–Crippen LogP) is 0.180. The van der Waals surface area contributed by atoms with Crippen molar-refractivity contribution in [1.29, 1.82) is 0 Å². The molecule has 0 N–H and O–H groups in total. The first-order chi connectivity index (χ1) is 1.73. The molecule has 0 aromatic rings. The molecule has 0 heterocycles. The summed E-state index contributed by atoms with van der Waals surface area (Å²) < 4.78 is 0. The fourth-order valence-corrected chi connectivity index (χ4v) is 0. The molecule has 0 aromatic heterocycles. The molecular weight excluding hydrogens is 284 g/mol. The second kappa shape index (κ2) is 15.7. The Labute approximate surface area is 89.0 Å². The molecule has 39 valence electrons. The van der Waals surface area contributed by atoms with E-state index in [-0.39, 0.29) is 69.7 Å². The quantitative estimate of drug-likeness (QED) is 0.362. The summed E-state index contributed by atoms with van der Waals surface area (Å²) in [5.41, 5.74) is 0. The number of hydrogen-bond donors (Lipinski definition) is 0. The van der Waals surface area contributed by atoms with Crippen LogP contribution in [-0.2, 0) is 21.7 Å². The molecule has 0 saturated carbocycles. The van der Waals surface area contributed by atoms with Crippen LogP contribution in [0.15, 0.2) is 0 Å². The molecule has 0 saturated heterocycles. The maximum atomic E-state index is 8.25. The zero-order valence-corrected chi connectivity index (χ0v) is 9.16. The summed E-state index contributed by atoms with van der Waals surface area (Å²) in [6.45, 7) is 0. The van der Waals surface area contributed by atoms with E-state index < -0.39 is 5.09 Å². The SMILES string of the molecule is Cl.O=[N+]([O-])[O-].[La].[Ti]. The maximum absolute atomic E-state index is 8.25. The first kappa shape index (κ1) is 23.8. The van der Waals surface area contributed by atoms with Crippen LogP contribution in [0.2, 0.25) is 0 Å². The second-order valence-corrected chi connectivity index (χ2v) is 0.224. The van der Waals surface area contributed by atoms with Gasteiger partial charge < -0.3 is 15.3 Å². The van der Waals surface area contributed by atoms with Gasteiger partial charge in [0.05, 0.1) is 5.09 Å². The molecule has 0 unspecified atom stereocenters. The van der Waals surface area contributed by atoms with Gasteiger partial charge in [-0.1, -0.05) is 0 Å². The summed E-state index contributed by atoms with van der Waals surface area (Å²) in [6, 6.07) is 0. The Bertz CT molecular complexity index is 37.9. The van der Waals surface area contributed by atoms with E-state index in [2.05, 4.69) is 0 Å². The van der Waals surface area contributed by atoms with Gasteiger partial charge in [-0.3, -0.25) is 0 Å². The Morgan fingerprint density at radius 1 is 1.29 bits per heavy atom. The van der Waals surface area contributed by atoms with E-state index in [4.69, 9.17) is 15.3 Å². The van der Waals surface area contributed by atoms with E-state index in [1.165, 1.54) is 0 Å². The molecule has 0 fully saturated rings. The van der Waals surface area contributed by atoms with Crippen molar-refractivity contribution in [1.82, 2.24) is 0 Å². The Balaban J connectivity index is -0.0000000150. The van der Waals surface area contributed by atoms with Crippen LogP contribution in [0.4, 0.5) is 0 Å². The number of nitrogens with zero attached hydrogens (tertiary/aromatic N) is 1. The molecule has 7 heteroatoms. The van der Waals surface area contributed by atoms with Crippen LogP contribution in [0.25, 0.3) is 0 Å². The summed E-state index contributed by atoms with van der Waals surface area (Å²) in [7, 11) is 0. The van der Waals surface area contributed by atoms with Crippen LogP contribution in [0.1, 0.15) is 0 Å². The van der Waals surface area contributed by atoms with Crippen LogP contribution in [-0.4, -0.2) is 5.09 Å². The Morgan fingerprint density at radius 3 is 1.29 bits per heavy atom. The van der Waals surface area contributed by atoms with E-state index in [1.807, 2.05) is 0 Å². The first-order valence-corrected chi connectivity index (χ1v) is 0.548. The molecule has 0 aliphatic carbocycles. The van der Waals surface area contributed by atoms with E-state index in [1.54, 1.807) is 0 Å². The van der Waals surface area contributed by atoms with Crippen LogP contribution in [0, 0.1) is 50.9 Å². The van der Waals surface area contributed by atoms with Gasteiger partial charge in [-0.15, -0.1) is 12.4 Å². The second-order valence-electron chi connectivity index (χ2n) is 0.224. The molecule has 0 amide bonds. The molecule has 0 aliphatic rings. The minimum absolute atomic E-state index is 0. The van der Waals surface area contributed by atoms with Gasteiger partial charge in [0.1, 0.15) is 0 Å². The van der Waals surface area contributed by atoms with Crippen molar-refractivity contribution in [3.05, 3.63) is 15.3 Å². The molecule has 0 rings (SSSR count). The zero-order chi connectivity index (χ0) is 3.58. The van der Waals surface area contributed by atoms with Gasteiger partial charge in [0.2, 0.25) is 0 Å². The molecule has 0 bridgehead atoms. The largest absolute Gasteiger partial charge is 0.356 e. The van der Waals surface area contributed by atoms with Crippen molar-refractivity contribution in [2.24, 2.45) is 0 Å². The van der Waals surface area contributed by atoms with Crippen molar-refractivity contribution in [2.75, 3.05) is 0 Å². The molecular formula is HClLaNO3Ti-. The Morgan fingerprint density at radius 2 is 1.29 bits per heavy atom. The molecule has 0 spiro atoms. The van der Waals surface area contributed by atoms with Gasteiger partial charge in [-0.05, 0) is 0 Å². The average Bonchev–Trinajstić information content (AvgIpc) is 0.811. The monoisotopic (exact) mass is 285 g/mol. The smallest absolute Gasteiger partial charge is 0.0689 e. The van der Waals surface area contributed by atoms with Crippen LogP contribution in [0.5, 0.6) is 0 Å². The van der Waals surface area contributed by atoms with Gasteiger partial charge in [0, 0.05) is 57.3 Å². The number of halogens is 1. The normalized spacial score (nSPS) is 3.43. The molecule has 0 atom stereocenters. The van der Waals surface area contributed by atoms with Crippen molar-refractivity contribution in [2.45, 2.75) is 0 Å². The molecule has 7 heavy (non-hydrogen) atoms. The van der Waals surface area contributed by atoms with Crippen molar-refractivity contribution in [3.8, 4) is 0 Å². The average molecular weight is 285 g/mol. The van der Waals surface area contributed by atoms with Crippen LogP contribution in [0.3, 0.4) is 0 Å². The first-order valence-electron chi connectivity index (χ1n) is 0.548. The van der Waals surface area contributed by atoms with E-state index in [9.17, 15) is 0 Å². The number of rotatable bonds is 0. The summed E-state index contributed by atoms with van der Waals surface area (Å²) in [5, 5.41) is 14.8. The minimum Gasteiger partial charge on any atom is -0.356 e. The zero-order valence-electron chi connectivity index (χ0n) is 3.16. The maximum Gasteiger partial charge on any atom is 0.0689 e. The summed E-state index contributed by atoms with van der Waals surface area (Å²) in [4.78, 5) is 8.25. The Kier molecular flexibility index (Phi) is 53.1. The van der Waals surface area contributed by atoms with Crippen LogP contribution < -0.4 is 0 Å². The predicted molar refractivity (Wildman–Crippen MR) is 17.6 cm³/mol. The topological polar surface area (TPSA) is 66.2 Å². The van der Waals surface area contributed by atoms with Gasteiger partial charge in [-0.25, -0.2) is 0 Å². The van der Waals surface area contributed by atoms with Gasteiger partial charge in [0.15, 0.2) is 0 Å². The van der Waals surface area contributed by atoms with Crippen LogP contribution >= 0.6 is 12.4 Å². The van der Waals surface area contributed by atoms with Crippen molar-refractivity contribution >= 4 is 12.4 Å². The fraction of sp³-hybridized carbons (Fsp3) is 0. The van der Waals surface area contributed by atoms with Crippen molar-refractivity contribution in [3.63, 3.8) is 0 Å². The fourth-order valence-electron chi connectivity index (χ4n) is 0. The summed E-state index contributed by atoms with van der Waals surface area (Å²) >= 11 is 0. The summed E-state index contributed by atoms with van der Waals surface area (Å²) in [6.07, 6.45) is 0. The third-order valence-electron chi connectivity index (χ3n) is 0. The Hall–Kier alpha value is 1.40. The van der Waals surface area contributed by atoms with Gasteiger partial charge in [-0.2, -0.15) is 0 Å². The summed E-state index contributed by atoms with van der Waals surface area (Å²) in [5.74, 6) is 0. The molecule has 0 aromatic carbocycles. The molecule has 1 radical (unpaired) electrons. The van der Waals surface area contributed by atoms with Gasteiger partial charge in [0.25, 0.3) is 0 Å². The van der Waals surface area contributed by atoms with E-state index in [0.717, 1.165) is 0 Å². The number of hydrogen-bond acceptors (Lipinski definition) is 3. The standard InChI is InChI=1S/ClH.La.NO3.Ti/c;;2-1(3)4;/h1H;;;/q;;-1;. The molecule has 4 nitrogen and oxygen atoms in total. The van der Waals surface area contributed by atoms with Gasteiger partial charge >= 0.3 is 0 Å². The van der Waals surface area contributed by atoms with Crippen molar-refractivity contribution < 1.29 is 62.4 Å². The van der Waals surface area contributed by atoms with E-state index >= 15 is 0 Å². The minimum atomic E-state index is -1.75. The van der Waals surface area contributed by atoms with E-state index in [0.29, 0.717) is 0 Å².